The van der Waals surface area contributed by atoms with Gasteiger partial charge in [0.15, 0.2) is 0 Å². The molecule has 1 fully saturated rings. The minimum Gasteiger partial charge on any atom is -0.369 e. The number of anilines is 1. The zero-order valence-electron chi connectivity index (χ0n) is 8.42. The van der Waals surface area contributed by atoms with Crippen LogP contribution in [-0.4, -0.2) is 19.1 Å². The van der Waals surface area contributed by atoms with Gasteiger partial charge in [0.25, 0.3) is 0 Å². The number of hydrogen-bond donors (Lipinski definition) is 1. The molecule has 15 heavy (non-hydrogen) atoms. The summed E-state index contributed by atoms with van der Waals surface area (Å²) in [5.74, 6) is 0. The van der Waals surface area contributed by atoms with Crippen LogP contribution in [0.1, 0.15) is 12.8 Å². The first-order chi connectivity index (χ1) is 7.16. The Balaban J connectivity index is 2.21. The number of hydrogen-bond acceptors (Lipinski definition) is 2. The van der Waals surface area contributed by atoms with Gasteiger partial charge < -0.3 is 10.6 Å². The van der Waals surface area contributed by atoms with Crippen molar-refractivity contribution in [2.24, 2.45) is 5.73 Å². The predicted molar refractivity (Wildman–Crippen MR) is 73.6 cm³/mol. The number of benzene rings is 1. The number of nitrogens with two attached hydrogens (primary N) is 1. The highest BCUT2D eigenvalue weighted by atomic mass is 127. The van der Waals surface area contributed by atoms with Crippen LogP contribution < -0.4 is 10.6 Å². The molecule has 4 heteroatoms. The molecule has 1 aliphatic rings. The minimum absolute atomic E-state index is 0.310. The monoisotopic (exact) mass is 336 g/mol. The average molecular weight is 337 g/mol. The van der Waals surface area contributed by atoms with Gasteiger partial charge in [-0.3, -0.25) is 0 Å². The third kappa shape index (κ3) is 2.77. The lowest BCUT2D eigenvalue weighted by Gasteiger charge is -2.33. The van der Waals surface area contributed by atoms with Gasteiger partial charge in [-0.15, -0.1) is 0 Å². The summed E-state index contributed by atoms with van der Waals surface area (Å²) in [4.78, 5) is 2.35. The lowest BCUT2D eigenvalue weighted by atomic mass is 10.1. The molecule has 2 nitrogen and oxygen atoms in total. The Morgan fingerprint density at radius 2 is 2.27 bits per heavy atom. The predicted octanol–water partition coefficient (Wildman–Crippen LogP) is 2.87. The topological polar surface area (TPSA) is 29.3 Å². The Labute approximate surface area is 109 Å². The van der Waals surface area contributed by atoms with Crippen molar-refractivity contribution in [2.75, 3.05) is 18.0 Å². The van der Waals surface area contributed by atoms with Gasteiger partial charge in [-0.2, -0.15) is 0 Å². The van der Waals surface area contributed by atoms with Crippen molar-refractivity contribution < 1.29 is 0 Å². The first-order valence-electron chi connectivity index (χ1n) is 5.12. The molecular weight excluding hydrogens is 322 g/mol. The fourth-order valence-electron chi connectivity index (χ4n) is 1.97. The van der Waals surface area contributed by atoms with Gasteiger partial charge in [0.2, 0.25) is 0 Å². The zero-order valence-corrected chi connectivity index (χ0v) is 11.3. The van der Waals surface area contributed by atoms with Crippen LogP contribution >= 0.6 is 34.2 Å². The molecule has 1 atom stereocenters. The summed E-state index contributed by atoms with van der Waals surface area (Å²) in [6.45, 7) is 2.06. The molecule has 82 valence electrons. The maximum atomic E-state index is 5.97. The number of halogens is 2. The first kappa shape index (κ1) is 11.5. The smallest absolute Gasteiger partial charge is 0.0503 e. The van der Waals surface area contributed by atoms with E-state index in [1.54, 1.807) is 0 Å². The van der Waals surface area contributed by atoms with E-state index in [9.17, 15) is 0 Å². The second-order valence-electron chi connectivity index (χ2n) is 3.94. The Morgan fingerprint density at radius 3 is 2.93 bits per heavy atom. The number of piperidine rings is 1. The van der Waals surface area contributed by atoms with Crippen molar-refractivity contribution in [1.29, 1.82) is 0 Å². The summed E-state index contributed by atoms with van der Waals surface area (Å²) in [6, 6.07) is 6.34. The molecule has 0 bridgehead atoms. The molecule has 0 aromatic heterocycles. The van der Waals surface area contributed by atoms with Crippen molar-refractivity contribution >= 4 is 39.9 Å². The Kier molecular flexibility index (Phi) is 3.74. The van der Waals surface area contributed by atoms with Crippen LogP contribution in [0.25, 0.3) is 0 Å². The van der Waals surface area contributed by atoms with E-state index in [0.29, 0.717) is 6.04 Å². The van der Waals surface area contributed by atoms with Crippen LogP contribution in [0.4, 0.5) is 5.69 Å². The van der Waals surface area contributed by atoms with E-state index in [4.69, 9.17) is 17.3 Å². The summed E-state index contributed by atoms with van der Waals surface area (Å²) < 4.78 is 1.20. The molecule has 1 unspecified atom stereocenters. The SMILES string of the molecule is NC1CCCN(c2ccc(Cl)cc2I)C1. The van der Waals surface area contributed by atoms with Crippen LogP contribution in [0.3, 0.4) is 0 Å². The molecule has 1 saturated heterocycles. The van der Waals surface area contributed by atoms with E-state index in [2.05, 4.69) is 33.6 Å². The minimum atomic E-state index is 0.310. The van der Waals surface area contributed by atoms with Gasteiger partial charge >= 0.3 is 0 Å². The standard InChI is InChI=1S/C11H14ClIN2/c12-8-3-4-11(10(13)6-8)15-5-1-2-9(14)7-15/h3-4,6,9H,1-2,5,7,14H2. The normalized spacial score (nSPS) is 21.8. The van der Waals surface area contributed by atoms with Crippen molar-refractivity contribution in [3.05, 3.63) is 26.8 Å². The summed E-state index contributed by atoms with van der Waals surface area (Å²) in [5, 5.41) is 0.796. The van der Waals surface area contributed by atoms with E-state index in [1.165, 1.54) is 15.7 Å². The molecule has 0 radical (unpaired) electrons. The van der Waals surface area contributed by atoms with Crippen molar-refractivity contribution in [3.63, 3.8) is 0 Å². The maximum absolute atomic E-state index is 5.97. The average Bonchev–Trinajstić information content (AvgIpc) is 2.17. The molecule has 0 saturated carbocycles. The van der Waals surface area contributed by atoms with Gasteiger partial charge in [0.1, 0.15) is 0 Å². The molecule has 2 rings (SSSR count). The molecule has 1 heterocycles. The van der Waals surface area contributed by atoms with Gasteiger partial charge in [-0.05, 0) is 53.6 Å². The lowest BCUT2D eigenvalue weighted by molar-refractivity contribution is 0.505. The van der Waals surface area contributed by atoms with E-state index < -0.39 is 0 Å². The Hall–Kier alpha value is -0.000000000000000111. The number of nitrogens with zero attached hydrogens (tertiary/aromatic N) is 1. The van der Waals surface area contributed by atoms with Gasteiger partial charge in [0.05, 0.1) is 5.69 Å². The lowest BCUT2D eigenvalue weighted by Crippen LogP contribution is -2.43. The summed E-state index contributed by atoms with van der Waals surface area (Å²) in [6.07, 6.45) is 2.32. The highest BCUT2D eigenvalue weighted by Crippen LogP contribution is 2.27. The van der Waals surface area contributed by atoms with Crippen molar-refractivity contribution in [3.8, 4) is 0 Å². The molecule has 1 aromatic carbocycles. The third-order valence-electron chi connectivity index (χ3n) is 2.71. The van der Waals surface area contributed by atoms with Crippen LogP contribution in [0.2, 0.25) is 5.02 Å². The summed E-state index contributed by atoms with van der Waals surface area (Å²) in [5.41, 5.74) is 7.23. The summed E-state index contributed by atoms with van der Waals surface area (Å²) >= 11 is 8.27. The zero-order chi connectivity index (χ0) is 10.8. The van der Waals surface area contributed by atoms with Crippen LogP contribution in [0, 0.1) is 3.57 Å². The molecule has 0 aliphatic carbocycles. The van der Waals surface area contributed by atoms with Crippen molar-refractivity contribution in [1.82, 2.24) is 0 Å². The van der Waals surface area contributed by atoms with E-state index in [0.717, 1.165) is 24.5 Å². The molecule has 2 N–H and O–H groups in total. The molecule has 0 spiro atoms. The fourth-order valence-corrected chi connectivity index (χ4v) is 3.18. The Bertz CT molecular complexity index is 356. The molecular formula is C11H14ClIN2. The molecule has 0 amide bonds. The fraction of sp³-hybridized carbons (Fsp3) is 0.455. The van der Waals surface area contributed by atoms with Gasteiger partial charge in [0, 0.05) is 27.7 Å². The van der Waals surface area contributed by atoms with E-state index in [1.807, 2.05) is 12.1 Å². The van der Waals surface area contributed by atoms with E-state index in [-0.39, 0.29) is 0 Å². The van der Waals surface area contributed by atoms with E-state index >= 15 is 0 Å². The highest BCUT2D eigenvalue weighted by molar-refractivity contribution is 14.1. The van der Waals surface area contributed by atoms with Crippen LogP contribution in [-0.2, 0) is 0 Å². The largest absolute Gasteiger partial charge is 0.369 e. The Morgan fingerprint density at radius 1 is 1.47 bits per heavy atom. The summed E-state index contributed by atoms with van der Waals surface area (Å²) in [7, 11) is 0. The maximum Gasteiger partial charge on any atom is 0.0503 e. The van der Waals surface area contributed by atoms with Crippen LogP contribution in [0.5, 0.6) is 0 Å². The van der Waals surface area contributed by atoms with Gasteiger partial charge in [-0.1, -0.05) is 11.6 Å². The second kappa shape index (κ2) is 4.89. The highest BCUT2D eigenvalue weighted by Gasteiger charge is 2.18. The first-order valence-corrected chi connectivity index (χ1v) is 6.58. The third-order valence-corrected chi connectivity index (χ3v) is 3.81. The quantitative estimate of drug-likeness (QED) is 0.799. The number of rotatable bonds is 1. The van der Waals surface area contributed by atoms with Crippen molar-refractivity contribution in [2.45, 2.75) is 18.9 Å². The second-order valence-corrected chi connectivity index (χ2v) is 5.54. The van der Waals surface area contributed by atoms with Crippen LogP contribution in [0.15, 0.2) is 18.2 Å². The molecule has 1 aromatic rings. The van der Waals surface area contributed by atoms with Gasteiger partial charge in [-0.25, -0.2) is 0 Å². The molecule has 1 aliphatic heterocycles.